The van der Waals surface area contributed by atoms with Gasteiger partial charge in [0.15, 0.2) is 0 Å². The summed E-state index contributed by atoms with van der Waals surface area (Å²) in [5.41, 5.74) is 7.47. The minimum absolute atomic E-state index is 0.0644. The van der Waals surface area contributed by atoms with Gasteiger partial charge in [-0.1, -0.05) is 13.0 Å². The van der Waals surface area contributed by atoms with Crippen LogP contribution in [0.2, 0.25) is 0 Å². The quantitative estimate of drug-likeness (QED) is 0.808. The molecule has 1 saturated heterocycles. The Labute approximate surface area is 163 Å². The van der Waals surface area contributed by atoms with Crippen molar-refractivity contribution in [2.24, 2.45) is 16.6 Å². The number of likely N-dealkylation sites (tertiary alicyclic amines) is 1. The number of nitrogens with two attached hydrogens (primary N) is 1. The minimum Gasteiger partial charge on any atom is -0.490 e. The van der Waals surface area contributed by atoms with E-state index in [-0.39, 0.29) is 18.0 Å². The van der Waals surface area contributed by atoms with Crippen LogP contribution in [-0.2, 0) is 10.3 Å². The van der Waals surface area contributed by atoms with Crippen molar-refractivity contribution in [1.82, 2.24) is 9.88 Å². The third kappa shape index (κ3) is 2.57. The molecule has 0 saturated carbocycles. The van der Waals surface area contributed by atoms with Crippen molar-refractivity contribution in [3.63, 3.8) is 0 Å². The SMILES string of the molecule is CCN1CCC2Oc3ccc(-c4cccnc4F)cc3C3(COC(N)=N3)[C@H]2C1. The highest BCUT2D eigenvalue weighted by Gasteiger charge is 2.55. The summed E-state index contributed by atoms with van der Waals surface area (Å²) in [7, 11) is 0. The monoisotopic (exact) mass is 382 g/mol. The summed E-state index contributed by atoms with van der Waals surface area (Å²) in [6, 6.07) is 9.41. The molecule has 1 fully saturated rings. The summed E-state index contributed by atoms with van der Waals surface area (Å²) in [6.07, 6.45) is 2.45. The van der Waals surface area contributed by atoms with Crippen LogP contribution in [0, 0.1) is 11.9 Å². The van der Waals surface area contributed by atoms with Gasteiger partial charge in [0.1, 0.15) is 24.0 Å². The average Bonchev–Trinajstić information content (AvgIpc) is 3.11. The maximum Gasteiger partial charge on any atom is 0.283 e. The zero-order chi connectivity index (χ0) is 19.3. The number of aromatic nitrogens is 1. The topological polar surface area (TPSA) is 73.0 Å². The van der Waals surface area contributed by atoms with Crippen LogP contribution in [0.4, 0.5) is 4.39 Å². The highest BCUT2D eigenvalue weighted by atomic mass is 19.1. The molecular formula is C21H23FN4O2. The van der Waals surface area contributed by atoms with Crippen LogP contribution < -0.4 is 10.5 Å². The summed E-state index contributed by atoms with van der Waals surface area (Å²) < 4.78 is 26.3. The fourth-order valence-electron chi connectivity index (χ4n) is 4.76. The number of aliphatic imine (C=N–C) groups is 1. The van der Waals surface area contributed by atoms with E-state index in [9.17, 15) is 4.39 Å². The molecule has 4 heterocycles. The van der Waals surface area contributed by atoms with E-state index in [4.69, 9.17) is 20.2 Å². The first-order valence-corrected chi connectivity index (χ1v) is 9.73. The number of rotatable bonds is 2. The Morgan fingerprint density at radius 3 is 3.00 bits per heavy atom. The van der Waals surface area contributed by atoms with Crippen LogP contribution in [0.1, 0.15) is 18.9 Å². The van der Waals surface area contributed by atoms with E-state index >= 15 is 0 Å². The molecule has 1 spiro atoms. The Kier molecular flexibility index (Phi) is 4.01. The van der Waals surface area contributed by atoms with Gasteiger partial charge in [-0.2, -0.15) is 4.39 Å². The molecule has 2 N–H and O–H groups in total. The third-order valence-electron chi connectivity index (χ3n) is 6.24. The zero-order valence-corrected chi connectivity index (χ0v) is 15.8. The molecule has 2 unspecified atom stereocenters. The predicted octanol–water partition coefficient (Wildman–Crippen LogP) is 2.53. The molecule has 5 rings (SSSR count). The first-order chi connectivity index (χ1) is 13.6. The van der Waals surface area contributed by atoms with Crippen molar-refractivity contribution < 1.29 is 13.9 Å². The molecule has 0 amide bonds. The predicted molar refractivity (Wildman–Crippen MR) is 104 cm³/mol. The van der Waals surface area contributed by atoms with Gasteiger partial charge in [0.25, 0.3) is 6.02 Å². The van der Waals surface area contributed by atoms with Gasteiger partial charge in [-0.25, -0.2) is 9.98 Å². The lowest BCUT2D eigenvalue weighted by molar-refractivity contribution is -0.0219. The van der Waals surface area contributed by atoms with Crippen LogP contribution in [-0.4, -0.2) is 48.3 Å². The maximum absolute atomic E-state index is 14.3. The smallest absolute Gasteiger partial charge is 0.283 e. The van der Waals surface area contributed by atoms with E-state index in [1.54, 1.807) is 12.1 Å². The van der Waals surface area contributed by atoms with Gasteiger partial charge < -0.3 is 20.1 Å². The number of piperidine rings is 1. The molecule has 1 aromatic carbocycles. The van der Waals surface area contributed by atoms with Crippen LogP contribution in [0.5, 0.6) is 5.75 Å². The molecule has 0 aliphatic carbocycles. The standard InChI is InChI=1S/C21H23FN4O2/c1-2-26-9-7-18-16(11-26)21(12-27-20(23)25-21)15-10-13(5-6-17(15)28-18)14-4-3-8-24-19(14)22/h3-6,8,10,16,18H,2,7,9,11-12H2,1H3,(H2,23,25)/t16-,18?,21?/m0/s1. The van der Waals surface area contributed by atoms with Crippen LogP contribution in [0.15, 0.2) is 41.5 Å². The first-order valence-electron chi connectivity index (χ1n) is 9.73. The normalized spacial score (nSPS) is 28.9. The maximum atomic E-state index is 14.3. The average molecular weight is 382 g/mol. The molecule has 0 bridgehead atoms. The lowest BCUT2D eigenvalue weighted by Crippen LogP contribution is -2.56. The summed E-state index contributed by atoms with van der Waals surface area (Å²) in [6.45, 7) is 5.39. The van der Waals surface area contributed by atoms with E-state index in [0.717, 1.165) is 42.9 Å². The van der Waals surface area contributed by atoms with Crippen molar-refractivity contribution >= 4 is 6.02 Å². The van der Waals surface area contributed by atoms with Gasteiger partial charge in [0, 0.05) is 36.3 Å². The van der Waals surface area contributed by atoms with Crippen molar-refractivity contribution in [2.75, 3.05) is 26.2 Å². The van der Waals surface area contributed by atoms with E-state index in [1.165, 1.54) is 6.20 Å². The van der Waals surface area contributed by atoms with Crippen LogP contribution in [0.3, 0.4) is 0 Å². The third-order valence-corrected chi connectivity index (χ3v) is 6.24. The summed E-state index contributed by atoms with van der Waals surface area (Å²) in [5.74, 6) is 0.414. The molecule has 146 valence electrons. The molecule has 1 aromatic heterocycles. The van der Waals surface area contributed by atoms with Crippen LogP contribution >= 0.6 is 0 Å². The van der Waals surface area contributed by atoms with E-state index < -0.39 is 11.5 Å². The first kappa shape index (κ1) is 17.4. The molecule has 3 aliphatic rings. The summed E-state index contributed by atoms with van der Waals surface area (Å²) in [4.78, 5) is 11.0. The Bertz CT molecular complexity index is 950. The zero-order valence-electron chi connectivity index (χ0n) is 15.8. The number of fused-ring (bicyclic) bond motifs is 4. The molecule has 7 heteroatoms. The summed E-state index contributed by atoms with van der Waals surface area (Å²) >= 11 is 0. The van der Waals surface area contributed by atoms with E-state index in [1.807, 2.05) is 18.2 Å². The largest absolute Gasteiger partial charge is 0.490 e. The number of halogens is 1. The number of nitrogens with zero attached hydrogens (tertiary/aromatic N) is 3. The van der Waals surface area contributed by atoms with Gasteiger partial charge in [-0.15, -0.1) is 0 Å². The van der Waals surface area contributed by atoms with Crippen molar-refractivity contribution in [3.8, 4) is 16.9 Å². The van der Waals surface area contributed by atoms with Gasteiger partial charge in [-0.05, 0) is 42.8 Å². The summed E-state index contributed by atoms with van der Waals surface area (Å²) in [5, 5.41) is 0. The molecule has 2 aromatic rings. The lowest BCUT2D eigenvalue weighted by Gasteiger charge is -2.48. The second kappa shape index (κ2) is 6.44. The number of hydrogen-bond acceptors (Lipinski definition) is 6. The van der Waals surface area contributed by atoms with Gasteiger partial charge in [-0.3, -0.25) is 0 Å². The second-order valence-electron chi connectivity index (χ2n) is 7.66. The Morgan fingerprint density at radius 1 is 1.36 bits per heavy atom. The molecule has 0 radical (unpaired) electrons. The highest BCUT2D eigenvalue weighted by Crippen LogP contribution is 2.51. The number of amidine groups is 1. The molecular weight excluding hydrogens is 359 g/mol. The minimum atomic E-state index is -0.606. The number of ether oxygens (including phenoxy) is 2. The lowest BCUT2D eigenvalue weighted by atomic mass is 9.71. The fourth-order valence-corrected chi connectivity index (χ4v) is 4.76. The second-order valence-corrected chi connectivity index (χ2v) is 7.66. The molecule has 3 atom stereocenters. The van der Waals surface area contributed by atoms with Crippen molar-refractivity contribution in [3.05, 3.63) is 48.0 Å². The van der Waals surface area contributed by atoms with Gasteiger partial charge in [0.2, 0.25) is 5.95 Å². The Balaban J connectivity index is 1.66. The molecule has 3 aliphatic heterocycles. The Hall–Kier alpha value is -2.67. The molecule has 28 heavy (non-hydrogen) atoms. The van der Waals surface area contributed by atoms with Gasteiger partial charge in [0.05, 0.1) is 0 Å². The van der Waals surface area contributed by atoms with Crippen LogP contribution in [0.25, 0.3) is 11.1 Å². The van der Waals surface area contributed by atoms with Gasteiger partial charge >= 0.3 is 0 Å². The van der Waals surface area contributed by atoms with E-state index in [2.05, 4.69) is 16.8 Å². The van der Waals surface area contributed by atoms with E-state index in [0.29, 0.717) is 12.2 Å². The van der Waals surface area contributed by atoms with Crippen molar-refractivity contribution in [1.29, 1.82) is 0 Å². The fraction of sp³-hybridized carbons (Fsp3) is 0.429. The highest BCUT2D eigenvalue weighted by molar-refractivity contribution is 5.75. The number of pyridine rings is 1. The molecule has 6 nitrogen and oxygen atoms in total. The van der Waals surface area contributed by atoms with Crippen molar-refractivity contribution in [2.45, 2.75) is 25.0 Å². The Morgan fingerprint density at radius 2 is 2.25 bits per heavy atom. The number of hydrogen-bond donors (Lipinski definition) is 1. The number of benzene rings is 1.